The summed E-state index contributed by atoms with van der Waals surface area (Å²) in [4.78, 5) is 0. The van der Waals surface area contributed by atoms with Gasteiger partial charge in [-0.3, -0.25) is 0 Å². The molecule has 1 aromatic rings. The van der Waals surface area contributed by atoms with Gasteiger partial charge in [-0.05, 0) is 34.8 Å². The molecule has 0 amide bonds. The molecule has 1 aliphatic rings. The maximum absolute atomic E-state index is 14.0. The van der Waals surface area contributed by atoms with Crippen LogP contribution in [0.4, 0.5) is 4.39 Å². The van der Waals surface area contributed by atoms with Gasteiger partial charge in [0.25, 0.3) is 0 Å². The number of halogens is 2. The van der Waals surface area contributed by atoms with E-state index < -0.39 is 5.54 Å². The molecule has 1 saturated carbocycles. The summed E-state index contributed by atoms with van der Waals surface area (Å²) in [6.07, 6.45) is 6.41. The van der Waals surface area contributed by atoms with Crippen LogP contribution in [-0.4, -0.2) is 0 Å². The summed E-state index contributed by atoms with van der Waals surface area (Å²) >= 11 is 3.23. The summed E-state index contributed by atoms with van der Waals surface area (Å²) in [6.45, 7) is 0. The van der Waals surface area contributed by atoms with Gasteiger partial charge in [0.15, 0.2) is 0 Å². The minimum absolute atomic E-state index is 0.188. The molecule has 2 rings (SSSR count). The third-order valence-electron chi connectivity index (χ3n) is 3.48. The molecular formula is C13H17BrFN. The predicted molar refractivity (Wildman–Crippen MR) is 67.7 cm³/mol. The van der Waals surface area contributed by atoms with Crippen LogP contribution in [0.1, 0.15) is 44.1 Å². The van der Waals surface area contributed by atoms with Crippen LogP contribution in [0.25, 0.3) is 0 Å². The number of benzene rings is 1. The highest BCUT2D eigenvalue weighted by Crippen LogP contribution is 2.36. The summed E-state index contributed by atoms with van der Waals surface area (Å²) in [6, 6.07) is 5.41. The van der Waals surface area contributed by atoms with Crippen molar-refractivity contribution in [1.29, 1.82) is 0 Å². The van der Waals surface area contributed by atoms with Gasteiger partial charge >= 0.3 is 0 Å². The monoisotopic (exact) mass is 285 g/mol. The van der Waals surface area contributed by atoms with Crippen LogP contribution in [-0.2, 0) is 5.54 Å². The van der Waals surface area contributed by atoms with E-state index in [-0.39, 0.29) is 5.82 Å². The predicted octanol–water partition coefficient (Wildman–Crippen LogP) is 4.10. The van der Waals surface area contributed by atoms with E-state index in [4.69, 9.17) is 5.73 Å². The van der Waals surface area contributed by atoms with Gasteiger partial charge in [0.1, 0.15) is 5.82 Å². The molecule has 0 spiro atoms. The van der Waals surface area contributed by atoms with E-state index in [0.717, 1.165) is 25.7 Å². The standard InChI is InChI=1S/C13H17BrFN/c14-11-7-5-6-10(12(11)15)13(16)8-3-1-2-4-9-13/h5-7H,1-4,8-9,16H2. The van der Waals surface area contributed by atoms with E-state index in [1.165, 1.54) is 12.8 Å². The van der Waals surface area contributed by atoms with Gasteiger partial charge in [0.05, 0.1) is 4.47 Å². The van der Waals surface area contributed by atoms with Crippen LogP contribution in [0.3, 0.4) is 0 Å². The number of hydrogen-bond donors (Lipinski definition) is 1. The Morgan fingerprint density at radius 1 is 1.12 bits per heavy atom. The Labute approximate surface area is 104 Å². The molecule has 0 bridgehead atoms. The fourth-order valence-electron chi connectivity index (χ4n) is 2.52. The van der Waals surface area contributed by atoms with Crippen molar-refractivity contribution in [2.24, 2.45) is 5.73 Å². The van der Waals surface area contributed by atoms with E-state index in [1.54, 1.807) is 6.07 Å². The molecule has 0 aromatic heterocycles. The molecule has 0 radical (unpaired) electrons. The first-order valence-corrected chi connectivity index (χ1v) is 6.66. The quantitative estimate of drug-likeness (QED) is 0.773. The zero-order valence-corrected chi connectivity index (χ0v) is 10.9. The van der Waals surface area contributed by atoms with Crippen molar-refractivity contribution >= 4 is 15.9 Å². The second-order valence-electron chi connectivity index (χ2n) is 4.67. The van der Waals surface area contributed by atoms with E-state index in [1.807, 2.05) is 12.1 Å². The van der Waals surface area contributed by atoms with Gasteiger partial charge in [-0.15, -0.1) is 0 Å². The van der Waals surface area contributed by atoms with Crippen molar-refractivity contribution in [1.82, 2.24) is 0 Å². The molecule has 1 fully saturated rings. The van der Waals surface area contributed by atoms with Crippen LogP contribution < -0.4 is 5.73 Å². The van der Waals surface area contributed by atoms with Gasteiger partial charge in [0.2, 0.25) is 0 Å². The maximum Gasteiger partial charge on any atom is 0.142 e. The van der Waals surface area contributed by atoms with Gasteiger partial charge < -0.3 is 5.73 Å². The molecule has 0 aliphatic heterocycles. The fourth-order valence-corrected chi connectivity index (χ4v) is 2.88. The topological polar surface area (TPSA) is 26.0 Å². The van der Waals surface area contributed by atoms with Crippen molar-refractivity contribution in [3.05, 3.63) is 34.1 Å². The Hall–Kier alpha value is -0.410. The molecule has 1 nitrogen and oxygen atoms in total. The highest BCUT2D eigenvalue weighted by molar-refractivity contribution is 9.10. The molecule has 0 heterocycles. The van der Waals surface area contributed by atoms with Crippen LogP contribution in [0.5, 0.6) is 0 Å². The first-order chi connectivity index (χ1) is 7.63. The molecule has 0 atom stereocenters. The van der Waals surface area contributed by atoms with Crippen LogP contribution in [0, 0.1) is 5.82 Å². The highest BCUT2D eigenvalue weighted by Gasteiger charge is 2.31. The third-order valence-corrected chi connectivity index (χ3v) is 4.10. The molecule has 3 heteroatoms. The summed E-state index contributed by atoms with van der Waals surface area (Å²) in [5, 5.41) is 0. The average molecular weight is 286 g/mol. The largest absolute Gasteiger partial charge is 0.321 e. The Bertz CT molecular complexity index is 370. The zero-order valence-electron chi connectivity index (χ0n) is 9.31. The summed E-state index contributed by atoms with van der Waals surface area (Å²) < 4.78 is 14.6. The number of rotatable bonds is 1. The van der Waals surface area contributed by atoms with Crippen molar-refractivity contribution in [3.63, 3.8) is 0 Å². The Kier molecular flexibility index (Phi) is 3.65. The van der Waals surface area contributed by atoms with E-state index in [0.29, 0.717) is 10.0 Å². The van der Waals surface area contributed by atoms with Crippen LogP contribution in [0.15, 0.2) is 22.7 Å². The van der Waals surface area contributed by atoms with E-state index in [2.05, 4.69) is 15.9 Å². The molecule has 2 N–H and O–H groups in total. The molecule has 0 unspecified atom stereocenters. The SMILES string of the molecule is NC1(c2cccc(Br)c2F)CCCCCC1. The maximum atomic E-state index is 14.0. The lowest BCUT2D eigenvalue weighted by Crippen LogP contribution is -2.37. The number of hydrogen-bond acceptors (Lipinski definition) is 1. The first-order valence-electron chi connectivity index (χ1n) is 5.87. The lowest BCUT2D eigenvalue weighted by Gasteiger charge is -2.29. The zero-order chi connectivity index (χ0) is 11.6. The van der Waals surface area contributed by atoms with Crippen LogP contribution >= 0.6 is 15.9 Å². The molecule has 1 aromatic carbocycles. The van der Waals surface area contributed by atoms with Crippen molar-refractivity contribution < 1.29 is 4.39 Å². The van der Waals surface area contributed by atoms with Gasteiger partial charge in [-0.2, -0.15) is 0 Å². The van der Waals surface area contributed by atoms with Gasteiger partial charge in [0, 0.05) is 11.1 Å². The summed E-state index contributed by atoms with van der Waals surface area (Å²) in [5.41, 5.74) is 6.59. The third kappa shape index (κ3) is 2.30. The second-order valence-corrected chi connectivity index (χ2v) is 5.53. The molecule has 1 aliphatic carbocycles. The lowest BCUT2D eigenvalue weighted by molar-refractivity contribution is 0.367. The molecular weight excluding hydrogens is 269 g/mol. The summed E-state index contributed by atoms with van der Waals surface area (Å²) in [7, 11) is 0. The average Bonchev–Trinajstić information content (AvgIpc) is 2.48. The molecule has 0 saturated heterocycles. The van der Waals surface area contributed by atoms with E-state index >= 15 is 0 Å². The minimum atomic E-state index is -0.468. The van der Waals surface area contributed by atoms with Crippen molar-refractivity contribution in [2.45, 2.75) is 44.1 Å². The van der Waals surface area contributed by atoms with Gasteiger partial charge in [-0.1, -0.05) is 37.8 Å². The van der Waals surface area contributed by atoms with Crippen molar-refractivity contribution in [3.8, 4) is 0 Å². The second kappa shape index (κ2) is 4.84. The smallest absolute Gasteiger partial charge is 0.142 e. The Balaban J connectivity index is 2.37. The van der Waals surface area contributed by atoms with Crippen LogP contribution in [0.2, 0.25) is 0 Å². The fraction of sp³-hybridized carbons (Fsp3) is 0.538. The molecule has 16 heavy (non-hydrogen) atoms. The molecule has 88 valence electrons. The number of nitrogens with two attached hydrogens (primary N) is 1. The summed E-state index contributed by atoms with van der Waals surface area (Å²) in [5.74, 6) is -0.188. The van der Waals surface area contributed by atoms with E-state index in [9.17, 15) is 4.39 Å². The first kappa shape index (κ1) is 12.1. The normalized spacial score (nSPS) is 20.4. The Morgan fingerprint density at radius 2 is 1.75 bits per heavy atom. The Morgan fingerprint density at radius 3 is 2.38 bits per heavy atom. The van der Waals surface area contributed by atoms with Gasteiger partial charge in [-0.25, -0.2) is 4.39 Å². The van der Waals surface area contributed by atoms with Crippen molar-refractivity contribution in [2.75, 3.05) is 0 Å². The highest BCUT2D eigenvalue weighted by atomic mass is 79.9. The minimum Gasteiger partial charge on any atom is -0.321 e. The lowest BCUT2D eigenvalue weighted by atomic mass is 9.83.